The molecule has 4 aromatic rings. The van der Waals surface area contributed by atoms with Crippen molar-refractivity contribution in [2.45, 2.75) is 56.7 Å². The van der Waals surface area contributed by atoms with E-state index in [1.54, 1.807) is 40.3 Å². The Kier molecular flexibility index (Phi) is 7.04. The Labute approximate surface area is 252 Å². The number of nitrogens with zero attached hydrogens (tertiary/aromatic N) is 3. The molecule has 2 amide bonds. The van der Waals surface area contributed by atoms with Crippen LogP contribution < -0.4 is 10.6 Å². The van der Waals surface area contributed by atoms with E-state index in [-0.39, 0.29) is 42.7 Å². The zero-order chi connectivity index (χ0) is 29.7. The van der Waals surface area contributed by atoms with E-state index in [1.165, 1.54) is 5.56 Å². The van der Waals surface area contributed by atoms with Crippen molar-refractivity contribution >= 4 is 28.8 Å². The van der Waals surface area contributed by atoms with E-state index >= 15 is 0 Å². The molecule has 7 rings (SSSR count). The zero-order valence-electron chi connectivity index (χ0n) is 23.8. The lowest BCUT2D eigenvalue weighted by atomic mass is 9.79. The van der Waals surface area contributed by atoms with Crippen molar-refractivity contribution in [3.8, 4) is 5.69 Å². The van der Waals surface area contributed by atoms with Crippen LogP contribution in [0.1, 0.15) is 64.9 Å². The Hall–Kier alpha value is -4.05. The van der Waals surface area contributed by atoms with Gasteiger partial charge in [-0.15, -0.1) is 0 Å². The van der Waals surface area contributed by atoms with Crippen LogP contribution in [0.3, 0.4) is 0 Å². The third-order valence-electron chi connectivity index (χ3n) is 9.22. The number of hydrogen-bond acceptors (Lipinski definition) is 5. The first-order valence-electron chi connectivity index (χ1n) is 14.8. The van der Waals surface area contributed by atoms with Crippen LogP contribution in [0.2, 0.25) is 0 Å². The number of aromatic nitrogens is 2. The van der Waals surface area contributed by atoms with Crippen LogP contribution in [0.4, 0.5) is 14.5 Å². The van der Waals surface area contributed by atoms with Crippen molar-refractivity contribution in [3.63, 3.8) is 0 Å². The number of nitrogens with one attached hydrogen (secondary N) is 2. The first-order chi connectivity index (χ1) is 20.8. The van der Waals surface area contributed by atoms with Gasteiger partial charge >= 0.3 is 0 Å². The largest absolute Gasteiger partial charge is 0.378 e. The molecule has 1 aliphatic carbocycles. The third kappa shape index (κ3) is 5.22. The van der Waals surface area contributed by atoms with Crippen molar-refractivity contribution in [2.24, 2.45) is 11.8 Å². The number of hydrogen-bond donors (Lipinski definition) is 2. The average Bonchev–Trinajstić information content (AvgIpc) is 3.79. The number of thiophene rings is 1. The summed E-state index contributed by atoms with van der Waals surface area (Å²) in [6.45, 7) is 2.39. The van der Waals surface area contributed by atoms with Crippen molar-refractivity contribution in [3.05, 3.63) is 100 Å². The second-order valence-electron chi connectivity index (χ2n) is 11.9. The van der Waals surface area contributed by atoms with Gasteiger partial charge in [0.05, 0.1) is 29.4 Å². The SMILES string of the molecule is Cc1ccn(-c2ccc(C(=O)N[C@@H]3CCC(F)(F)C[C@@H]3C(=O)N3CC[C@@H]4C(c5ccsc5)Nc5ccccc5[C@@H]43)cc2)n1. The summed E-state index contributed by atoms with van der Waals surface area (Å²) in [6.07, 6.45) is 1.71. The molecular weight excluding hydrogens is 568 g/mol. The summed E-state index contributed by atoms with van der Waals surface area (Å²) in [5, 5.41) is 15.2. The molecule has 222 valence electrons. The second-order valence-corrected chi connectivity index (χ2v) is 12.7. The number of anilines is 1. The molecule has 0 bridgehead atoms. The Balaban J connectivity index is 1.14. The molecule has 1 saturated heterocycles. The normalized spacial score (nSPS) is 25.8. The molecule has 5 atom stereocenters. The number of carbonyl (C=O) groups excluding carboxylic acids is 2. The minimum atomic E-state index is -2.96. The van der Waals surface area contributed by atoms with Crippen molar-refractivity contribution in [1.29, 1.82) is 0 Å². The van der Waals surface area contributed by atoms with Crippen LogP contribution in [0.25, 0.3) is 5.69 Å². The number of fused-ring (bicyclic) bond motifs is 3. The van der Waals surface area contributed by atoms with Crippen molar-refractivity contribution in [1.82, 2.24) is 20.0 Å². The number of likely N-dealkylation sites (tertiary alicyclic amines) is 1. The molecular formula is C33H33F2N5O2S. The molecule has 10 heteroatoms. The summed E-state index contributed by atoms with van der Waals surface area (Å²) in [5.41, 5.74) is 5.25. The van der Waals surface area contributed by atoms with Crippen LogP contribution in [0.15, 0.2) is 77.6 Å². The maximum Gasteiger partial charge on any atom is 0.251 e. The highest BCUT2D eigenvalue weighted by Gasteiger charge is 2.51. The highest BCUT2D eigenvalue weighted by molar-refractivity contribution is 7.08. The molecule has 3 aliphatic rings. The average molecular weight is 602 g/mol. The fourth-order valence-corrected chi connectivity index (χ4v) is 7.81. The van der Waals surface area contributed by atoms with Crippen LogP contribution in [-0.4, -0.2) is 45.0 Å². The topological polar surface area (TPSA) is 79.3 Å². The minimum Gasteiger partial charge on any atom is -0.378 e. The van der Waals surface area contributed by atoms with Crippen LogP contribution in [0.5, 0.6) is 0 Å². The smallest absolute Gasteiger partial charge is 0.251 e. The van der Waals surface area contributed by atoms with Crippen LogP contribution >= 0.6 is 11.3 Å². The number of alkyl halides is 2. The highest BCUT2D eigenvalue weighted by Crippen LogP contribution is 2.52. The number of halogens is 2. The fraction of sp³-hybridized carbons (Fsp3) is 0.364. The summed E-state index contributed by atoms with van der Waals surface area (Å²) in [5.74, 6) is -4.54. The van der Waals surface area contributed by atoms with Gasteiger partial charge in [-0.05, 0) is 84.1 Å². The van der Waals surface area contributed by atoms with Crippen molar-refractivity contribution < 1.29 is 18.4 Å². The molecule has 0 radical (unpaired) electrons. The first-order valence-corrected chi connectivity index (χ1v) is 15.7. The van der Waals surface area contributed by atoms with E-state index in [0.29, 0.717) is 12.1 Å². The van der Waals surface area contributed by atoms with Crippen LogP contribution in [0, 0.1) is 18.8 Å². The number of amides is 2. The zero-order valence-corrected chi connectivity index (χ0v) is 24.6. The number of rotatable bonds is 5. The summed E-state index contributed by atoms with van der Waals surface area (Å²) in [7, 11) is 0. The van der Waals surface area contributed by atoms with Gasteiger partial charge in [-0.25, -0.2) is 13.5 Å². The molecule has 43 heavy (non-hydrogen) atoms. The first kappa shape index (κ1) is 27.8. The predicted molar refractivity (Wildman–Crippen MR) is 162 cm³/mol. The van der Waals surface area contributed by atoms with Crippen LogP contribution in [-0.2, 0) is 4.79 Å². The number of benzene rings is 2. The third-order valence-corrected chi connectivity index (χ3v) is 9.93. The Bertz CT molecular complexity index is 1640. The lowest BCUT2D eigenvalue weighted by molar-refractivity contribution is -0.146. The molecule has 7 nitrogen and oxygen atoms in total. The fourth-order valence-electron chi connectivity index (χ4n) is 7.11. The summed E-state index contributed by atoms with van der Waals surface area (Å²) >= 11 is 1.63. The summed E-state index contributed by atoms with van der Waals surface area (Å²) in [4.78, 5) is 29.4. The van der Waals surface area contributed by atoms with E-state index < -0.39 is 24.3 Å². The van der Waals surface area contributed by atoms with Gasteiger partial charge in [0.2, 0.25) is 11.8 Å². The van der Waals surface area contributed by atoms with Gasteiger partial charge in [0.1, 0.15) is 0 Å². The van der Waals surface area contributed by atoms with Crippen molar-refractivity contribution in [2.75, 3.05) is 11.9 Å². The maximum absolute atomic E-state index is 14.9. The number of aryl methyl sites for hydroxylation is 1. The lowest BCUT2D eigenvalue weighted by Gasteiger charge is -2.42. The second kappa shape index (κ2) is 10.9. The standard InChI is InChI=1S/C33H33F2N5O2S/c1-20-11-16-40(38-20)23-8-6-21(7-9-23)31(41)37-28-10-14-33(34,35)18-26(28)32(42)39-15-12-25-29(22-13-17-43-19-22)36-27-5-3-2-4-24(27)30(25)39/h2-9,11,13,16-17,19,25-26,28-30,36H,10,12,14-15,18H2,1H3,(H,37,41)/t25-,26+,28-,29?,30+/m1/s1. The molecule has 2 aromatic carbocycles. The lowest BCUT2D eigenvalue weighted by Crippen LogP contribution is -2.53. The summed E-state index contributed by atoms with van der Waals surface area (Å²) in [6, 6.07) is 18.1. The molecule has 2 aromatic heterocycles. The molecule has 1 saturated carbocycles. The molecule has 0 spiro atoms. The van der Waals surface area contributed by atoms with E-state index in [0.717, 1.165) is 29.1 Å². The van der Waals surface area contributed by atoms with Gasteiger partial charge in [0.15, 0.2) is 0 Å². The Morgan fingerprint density at radius 1 is 1.07 bits per heavy atom. The van der Waals surface area contributed by atoms with E-state index in [2.05, 4.69) is 27.2 Å². The monoisotopic (exact) mass is 601 g/mol. The van der Waals surface area contributed by atoms with E-state index in [9.17, 15) is 18.4 Å². The van der Waals surface area contributed by atoms with E-state index in [4.69, 9.17) is 0 Å². The summed E-state index contributed by atoms with van der Waals surface area (Å²) < 4.78 is 31.4. The van der Waals surface area contributed by atoms with E-state index in [1.807, 2.05) is 53.7 Å². The Morgan fingerprint density at radius 2 is 1.88 bits per heavy atom. The Morgan fingerprint density at radius 3 is 2.63 bits per heavy atom. The minimum absolute atomic E-state index is 0.0286. The number of para-hydroxylation sites is 1. The molecule has 2 aliphatic heterocycles. The number of carbonyl (C=O) groups is 2. The van der Waals surface area contributed by atoms with Gasteiger partial charge < -0.3 is 15.5 Å². The molecule has 1 unspecified atom stereocenters. The van der Waals surface area contributed by atoms with Gasteiger partial charge in [0.25, 0.3) is 5.91 Å². The maximum atomic E-state index is 14.9. The molecule has 2 fully saturated rings. The quantitative estimate of drug-likeness (QED) is 0.273. The molecule has 2 N–H and O–H groups in total. The van der Waals surface area contributed by atoms with Gasteiger partial charge in [-0.3, -0.25) is 9.59 Å². The van der Waals surface area contributed by atoms with Gasteiger partial charge in [-0.2, -0.15) is 16.4 Å². The highest BCUT2D eigenvalue weighted by atomic mass is 32.1. The predicted octanol–water partition coefficient (Wildman–Crippen LogP) is 6.53. The van der Waals surface area contributed by atoms with Gasteiger partial charge in [-0.1, -0.05) is 18.2 Å². The molecule has 4 heterocycles. The van der Waals surface area contributed by atoms with Gasteiger partial charge in [0, 0.05) is 48.8 Å².